The largest absolute Gasteiger partial charge is 0.348 e. The van der Waals surface area contributed by atoms with E-state index in [-0.39, 0.29) is 11.9 Å². The summed E-state index contributed by atoms with van der Waals surface area (Å²) in [6.07, 6.45) is 6.58. The minimum atomic E-state index is -0.837. The number of nitrogens with one attached hydrogen (secondary N) is 1. The van der Waals surface area contributed by atoms with Crippen LogP contribution in [0.4, 0.5) is 15.6 Å². The molecule has 1 N–H and O–H groups in total. The molecule has 3 aromatic rings. The van der Waals surface area contributed by atoms with Gasteiger partial charge >= 0.3 is 6.03 Å². The standard InChI is InChI=1S/C22H18N4O2S/c1-2-15-8-9-17-18(14-15)29-21(23-17)25-12-10-22(11-13-25)19(27)26(20(28)24-22)16-6-4-3-5-7-16/h1,3-9,14H,10-13H2,(H,24,28). The van der Waals surface area contributed by atoms with Crippen LogP contribution in [0, 0.1) is 12.3 Å². The summed E-state index contributed by atoms with van der Waals surface area (Å²) in [6.45, 7) is 1.30. The van der Waals surface area contributed by atoms with Crippen LogP contribution in [0.2, 0.25) is 0 Å². The zero-order valence-corrected chi connectivity index (χ0v) is 16.4. The third kappa shape index (κ3) is 2.84. The molecule has 0 aliphatic carbocycles. The van der Waals surface area contributed by atoms with Crippen LogP contribution in [0.3, 0.4) is 0 Å². The number of hydrogen-bond acceptors (Lipinski definition) is 5. The molecule has 0 radical (unpaired) electrons. The molecule has 5 rings (SSSR count). The highest BCUT2D eigenvalue weighted by molar-refractivity contribution is 7.22. The molecular formula is C22H18N4O2S. The molecule has 2 aliphatic heterocycles. The number of terminal acetylenes is 1. The van der Waals surface area contributed by atoms with Gasteiger partial charge in [-0.1, -0.05) is 35.5 Å². The lowest BCUT2D eigenvalue weighted by molar-refractivity contribution is -0.122. The fourth-order valence-electron chi connectivity index (χ4n) is 3.99. The van der Waals surface area contributed by atoms with Crippen LogP contribution in [-0.2, 0) is 4.79 Å². The number of amides is 3. The highest BCUT2D eigenvalue weighted by Crippen LogP contribution is 2.36. The molecule has 3 heterocycles. The van der Waals surface area contributed by atoms with Crippen LogP contribution in [0.5, 0.6) is 0 Å². The summed E-state index contributed by atoms with van der Waals surface area (Å²) in [7, 11) is 0. The van der Waals surface area contributed by atoms with Gasteiger partial charge in [0.05, 0.1) is 15.9 Å². The Labute approximate surface area is 172 Å². The number of carbonyl (C=O) groups is 2. The van der Waals surface area contributed by atoms with Gasteiger partial charge in [-0.25, -0.2) is 14.7 Å². The van der Waals surface area contributed by atoms with Crippen molar-refractivity contribution < 1.29 is 9.59 Å². The van der Waals surface area contributed by atoms with E-state index in [0.717, 1.165) is 20.9 Å². The summed E-state index contributed by atoms with van der Waals surface area (Å²) < 4.78 is 1.05. The van der Waals surface area contributed by atoms with E-state index in [9.17, 15) is 9.59 Å². The number of urea groups is 1. The number of carbonyl (C=O) groups excluding carboxylic acids is 2. The molecule has 29 heavy (non-hydrogen) atoms. The predicted molar refractivity (Wildman–Crippen MR) is 114 cm³/mol. The molecule has 0 saturated carbocycles. The Morgan fingerprint density at radius 3 is 2.59 bits per heavy atom. The number of imide groups is 1. The molecule has 0 unspecified atom stereocenters. The Hall–Kier alpha value is -3.37. The van der Waals surface area contributed by atoms with E-state index in [0.29, 0.717) is 31.6 Å². The predicted octanol–water partition coefficient (Wildman–Crippen LogP) is 3.37. The molecule has 2 aliphatic rings. The van der Waals surface area contributed by atoms with Crippen molar-refractivity contribution >= 4 is 44.3 Å². The number of piperidine rings is 1. The average Bonchev–Trinajstić information content (AvgIpc) is 3.27. The van der Waals surface area contributed by atoms with Crippen molar-refractivity contribution in [3.63, 3.8) is 0 Å². The summed E-state index contributed by atoms with van der Waals surface area (Å²) >= 11 is 1.60. The number of rotatable bonds is 2. The number of benzene rings is 2. The number of nitrogens with zero attached hydrogens (tertiary/aromatic N) is 3. The average molecular weight is 402 g/mol. The third-order valence-electron chi connectivity index (χ3n) is 5.61. The van der Waals surface area contributed by atoms with E-state index in [4.69, 9.17) is 11.4 Å². The van der Waals surface area contributed by atoms with Crippen molar-refractivity contribution in [3.05, 3.63) is 54.1 Å². The summed E-state index contributed by atoms with van der Waals surface area (Å²) in [4.78, 5) is 33.8. The van der Waals surface area contributed by atoms with E-state index >= 15 is 0 Å². The fourth-order valence-corrected chi connectivity index (χ4v) is 5.04. The maximum absolute atomic E-state index is 13.1. The molecule has 144 valence electrons. The van der Waals surface area contributed by atoms with Gasteiger partial charge in [-0.2, -0.15) is 0 Å². The van der Waals surface area contributed by atoms with E-state index in [1.165, 1.54) is 4.90 Å². The zero-order valence-electron chi connectivity index (χ0n) is 15.6. The summed E-state index contributed by atoms with van der Waals surface area (Å²) in [5.74, 6) is 2.48. The minimum Gasteiger partial charge on any atom is -0.348 e. The summed E-state index contributed by atoms with van der Waals surface area (Å²) in [6, 6.07) is 14.5. The normalized spacial score (nSPS) is 18.3. The molecule has 2 saturated heterocycles. The Kier molecular flexibility index (Phi) is 4.03. The minimum absolute atomic E-state index is 0.170. The molecular weight excluding hydrogens is 384 g/mol. The second-order valence-electron chi connectivity index (χ2n) is 7.30. The highest BCUT2D eigenvalue weighted by Gasteiger charge is 2.53. The molecule has 6 nitrogen and oxygen atoms in total. The van der Waals surface area contributed by atoms with Gasteiger partial charge in [-0.3, -0.25) is 4.79 Å². The van der Waals surface area contributed by atoms with E-state index in [1.54, 1.807) is 23.5 Å². The smallest absolute Gasteiger partial charge is 0.329 e. The van der Waals surface area contributed by atoms with Crippen LogP contribution in [0.25, 0.3) is 10.2 Å². The Morgan fingerprint density at radius 2 is 1.86 bits per heavy atom. The van der Waals surface area contributed by atoms with Crippen molar-refractivity contribution in [2.45, 2.75) is 18.4 Å². The second kappa shape index (κ2) is 6.61. The van der Waals surface area contributed by atoms with Gasteiger partial charge in [-0.05, 0) is 43.2 Å². The molecule has 3 amide bonds. The molecule has 0 atom stereocenters. The number of para-hydroxylation sites is 1. The van der Waals surface area contributed by atoms with Crippen LogP contribution in [-0.4, -0.2) is 35.6 Å². The molecule has 2 fully saturated rings. The third-order valence-corrected chi connectivity index (χ3v) is 6.69. The van der Waals surface area contributed by atoms with Crippen molar-refractivity contribution in [3.8, 4) is 12.3 Å². The van der Waals surface area contributed by atoms with Crippen molar-refractivity contribution in [1.29, 1.82) is 0 Å². The van der Waals surface area contributed by atoms with Gasteiger partial charge < -0.3 is 10.2 Å². The van der Waals surface area contributed by atoms with Crippen LogP contribution in [0.1, 0.15) is 18.4 Å². The first-order valence-electron chi connectivity index (χ1n) is 9.44. The molecule has 2 aromatic carbocycles. The summed E-state index contributed by atoms with van der Waals surface area (Å²) in [5, 5.41) is 3.87. The Morgan fingerprint density at radius 1 is 1.10 bits per heavy atom. The first kappa shape index (κ1) is 17.7. The molecule has 7 heteroatoms. The van der Waals surface area contributed by atoms with Gasteiger partial charge in [-0.15, -0.1) is 6.42 Å². The number of thiazole rings is 1. The lowest BCUT2D eigenvalue weighted by Crippen LogP contribution is -2.55. The van der Waals surface area contributed by atoms with Crippen LogP contribution < -0.4 is 15.1 Å². The monoisotopic (exact) mass is 402 g/mol. The number of anilines is 2. The van der Waals surface area contributed by atoms with Crippen molar-refractivity contribution in [2.24, 2.45) is 0 Å². The number of hydrogen-bond donors (Lipinski definition) is 1. The molecule has 1 spiro atoms. The topological polar surface area (TPSA) is 65.5 Å². The maximum Gasteiger partial charge on any atom is 0.329 e. The highest BCUT2D eigenvalue weighted by atomic mass is 32.1. The molecule has 1 aromatic heterocycles. The molecule has 0 bridgehead atoms. The SMILES string of the molecule is C#Cc1ccc2nc(N3CCC4(CC3)NC(=O)N(c3ccccc3)C4=O)sc2c1. The maximum atomic E-state index is 13.1. The first-order chi connectivity index (χ1) is 14.1. The van der Waals surface area contributed by atoms with Gasteiger partial charge in [0.25, 0.3) is 5.91 Å². The van der Waals surface area contributed by atoms with Crippen molar-refractivity contribution in [1.82, 2.24) is 10.3 Å². The lowest BCUT2D eigenvalue weighted by Gasteiger charge is -2.37. The van der Waals surface area contributed by atoms with Crippen molar-refractivity contribution in [2.75, 3.05) is 22.9 Å². The summed E-state index contributed by atoms with van der Waals surface area (Å²) in [5.41, 5.74) is 1.52. The fraction of sp³-hybridized carbons (Fsp3) is 0.227. The van der Waals surface area contributed by atoms with Crippen LogP contribution >= 0.6 is 11.3 Å². The number of aromatic nitrogens is 1. The second-order valence-corrected chi connectivity index (χ2v) is 8.31. The quantitative estimate of drug-likeness (QED) is 0.527. The Bertz CT molecular complexity index is 1160. The zero-order chi connectivity index (χ0) is 20.0. The van der Waals surface area contributed by atoms with Gasteiger partial charge in [0.1, 0.15) is 5.54 Å². The Balaban J connectivity index is 1.36. The number of fused-ring (bicyclic) bond motifs is 1. The van der Waals surface area contributed by atoms with Crippen LogP contribution in [0.15, 0.2) is 48.5 Å². The van der Waals surface area contributed by atoms with Gasteiger partial charge in [0.15, 0.2) is 5.13 Å². The lowest BCUT2D eigenvalue weighted by atomic mass is 9.87. The van der Waals surface area contributed by atoms with E-state index in [1.807, 2.05) is 36.4 Å². The first-order valence-corrected chi connectivity index (χ1v) is 10.3. The van der Waals surface area contributed by atoms with Gasteiger partial charge in [0, 0.05) is 18.7 Å². The van der Waals surface area contributed by atoms with E-state index in [2.05, 4.69) is 16.1 Å². The van der Waals surface area contributed by atoms with Gasteiger partial charge in [0.2, 0.25) is 0 Å². The van der Waals surface area contributed by atoms with E-state index < -0.39 is 5.54 Å².